The number of likely N-dealkylation sites (tertiary alicyclic amines) is 2. The van der Waals surface area contributed by atoms with Crippen LogP contribution < -0.4 is 4.74 Å². The van der Waals surface area contributed by atoms with Crippen molar-refractivity contribution in [2.45, 2.75) is 43.3 Å². The van der Waals surface area contributed by atoms with Crippen molar-refractivity contribution in [3.05, 3.63) is 47.8 Å². The molecule has 1 N–H and O–H groups in total. The fourth-order valence-corrected chi connectivity index (χ4v) is 5.36. The van der Waals surface area contributed by atoms with E-state index in [1.165, 1.54) is 50.0 Å². The van der Waals surface area contributed by atoms with Gasteiger partial charge in [-0.25, -0.2) is 9.97 Å². The molecule has 1 aromatic heterocycles. The van der Waals surface area contributed by atoms with Gasteiger partial charge in [-0.3, -0.25) is 4.90 Å². The zero-order valence-corrected chi connectivity index (χ0v) is 19.1. The Balaban J connectivity index is 1.30. The molecular weight excluding hydrogens is 408 g/mol. The zero-order chi connectivity index (χ0) is 21.3. The summed E-state index contributed by atoms with van der Waals surface area (Å²) < 4.78 is 5.56. The van der Waals surface area contributed by atoms with E-state index in [1.807, 2.05) is 18.3 Å². The van der Waals surface area contributed by atoms with E-state index < -0.39 is 0 Å². The van der Waals surface area contributed by atoms with Gasteiger partial charge in [0.25, 0.3) is 0 Å². The Kier molecular flexibility index (Phi) is 8.58. The summed E-state index contributed by atoms with van der Waals surface area (Å²) in [5, 5.41) is 9.88. The van der Waals surface area contributed by atoms with Crippen molar-refractivity contribution in [2.24, 2.45) is 0 Å². The molecule has 2 fully saturated rings. The summed E-state index contributed by atoms with van der Waals surface area (Å²) in [6.45, 7) is 7.05. The van der Waals surface area contributed by atoms with E-state index in [0.29, 0.717) is 12.5 Å². The predicted octanol–water partition coefficient (Wildman–Crippen LogP) is 3.42. The first kappa shape index (κ1) is 22.5. The van der Waals surface area contributed by atoms with Crippen molar-refractivity contribution in [1.29, 1.82) is 0 Å². The maximum atomic E-state index is 8.96. The molecule has 0 saturated carbocycles. The molecule has 0 amide bonds. The highest BCUT2D eigenvalue weighted by Crippen LogP contribution is 2.28. The predicted molar refractivity (Wildman–Crippen MR) is 125 cm³/mol. The number of aliphatic hydroxyl groups is 1. The number of aromatic nitrogens is 2. The summed E-state index contributed by atoms with van der Waals surface area (Å²) in [6, 6.07) is 10.3. The van der Waals surface area contributed by atoms with Crippen LogP contribution in [0.25, 0.3) is 0 Å². The van der Waals surface area contributed by atoms with Gasteiger partial charge in [-0.2, -0.15) is 0 Å². The quantitative estimate of drug-likeness (QED) is 0.447. The fraction of sp³-hybridized carbons (Fsp3) is 0.583. The van der Waals surface area contributed by atoms with Gasteiger partial charge >= 0.3 is 0 Å². The minimum atomic E-state index is 0.0372. The number of nitrogens with zero attached hydrogens (tertiary/aromatic N) is 4. The lowest BCUT2D eigenvalue weighted by molar-refractivity contribution is 0.195. The van der Waals surface area contributed by atoms with Gasteiger partial charge in [0.05, 0.1) is 6.61 Å². The van der Waals surface area contributed by atoms with Crippen LogP contribution >= 0.6 is 11.8 Å². The van der Waals surface area contributed by atoms with E-state index in [9.17, 15) is 0 Å². The highest BCUT2D eigenvalue weighted by atomic mass is 32.2. The average Bonchev–Trinajstić information content (AvgIpc) is 3.32. The Labute approximate surface area is 190 Å². The van der Waals surface area contributed by atoms with Crippen LogP contribution in [0.15, 0.2) is 41.7 Å². The molecule has 4 rings (SSSR count). The van der Waals surface area contributed by atoms with Crippen LogP contribution in [0.5, 0.6) is 5.75 Å². The van der Waals surface area contributed by atoms with Crippen molar-refractivity contribution in [3.8, 4) is 5.75 Å². The van der Waals surface area contributed by atoms with Crippen molar-refractivity contribution in [3.63, 3.8) is 0 Å². The second-order valence-corrected chi connectivity index (χ2v) is 9.52. The summed E-state index contributed by atoms with van der Waals surface area (Å²) >= 11 is 1.79. The first-order valence-corrected chi connectivity index (χ1v) is 12.5. The lowest BCUT2D eigenvalue weighted by Gasteiger charge is -2.32. The number of hydrogen-bond donors (Lipinski definition) is 1. The molecule has 2 aromatic rings. The van der Waals surface area contributed by atoms with Crippen LogP contribution in [0.3, 0.4) is 0 Å². The number of piperidine rings is 1. The van der Waals surface area contributed by atoms with Crippen LogP contribution in [0.2, 0.25) is 0 Å². The van der Waals surface area contributed by atoms with Gasteiger partial charge in [0, 0.05) is 43.2 Å². The summed E-state index contributed by atoms with van der Waals surface area (Å²) in [7, 11) is 0. The number of aliphatic hydroxyl groups excluding tert-OH is 1. The van der Waals surface area contributed by atoms with E-state index in [4.69, 9.17) is 14.8 Å². The molecule has 31 heavy (non-hydrogen) atoms. The number of rotatable bonds is 10. The van der Waals surface area contributed by atoms with Gasteiger partial charge in [0.15, 0.2) is 5.16 Å². The molecule has 1 atom stereocenters. The van der Waals surface area contributed by atoms with Gasteiger partial charge in [0.1, 0.15) is 12.4 Å². The maximum Gasteiger partial charge on any atom is 0.187 e. The third-order valence-corrected chi connectivity index (χ3v) is 6.92. The lowest BCUT2D eigenvalue weighted by atomic mass is 9.94. The SMILES string of the molecule is OCCOc1cccc(CN2CCCC(c3ccnc(SCCN4CCCC4)n3)C2)c1. The number of thioether (sulfide) groups is 1. The molecule has 0 radical (unpaired) electrons. The lowest BCUT2D eigenvalue weighted by Crippen LogP contribution is -2.34. The van der Waals surface area contributed by atoms with E-state index in [-0.39, 0.29) is 6.61 Å². The van der Waals surface area contributed by atoms with Crippen LogP contribution in [0, 0.1) is 0 Å². The third kappa shape index (κ3) is 6.91. The average molecular weight is 443 g/mol. The van der Waals surface area contributed by atoms with Crippen molar-refractivity contribution in [2.75, 3.05) is 51.7 Å². The molecule has 2 saturated heterocycles. The third-order valence-electron chi connectivity index (χ3n) is 6.08. The molecule has 1 aromatic carbocycles. The van der Waals surface area contributed by atoms with Crippen LogP contribution in [0.4, 0.5) is 0 Å². The Morgan fingerprint density at radius 3 is 2.84 bits per heavy atom. The fourth-order valence-electron chi connectivity index (χ4n) is 4.52. The van der Waals surface area contributed by atoms with Crippen LogP contribution in [-0.4, -0.2) is 76.6 Å². The van der Waals surface area contributed by atoms with Crippen LogP contribution in [0.1, 0.15) is 42.9 Å². The summed E-state index contributed by atoms with van der Waals surface area (Å²) in [5.41, 5.74) is 2.43. The zero-order valence-electron chi connectivity index (χ0n) is 18.3. The summed E-state index contributed by atoms with van der Waals surface area (Å²) in [4.78, 5) is 14.5. The topological polar surface area (TPSA) is 61.7 Å². The summed E-state index contributed by atoms with van der Waals surface area (Å²) in [5.74, 6) is 2.35. The van der Waals surface area contributed by atoms with Gasteiger partial charge < -0.3 is 14.7 Å². The smallest absolute Gasteiger partial charge is 0.187 e. The van der Waals surface area contributed by atoms with Crippen molar-refractivity contribution in [1.82, 2.24) is 19.8 Å². The second kappa shape index (κ2) is 11.8. The molecule has 1 unspecified atom stereocenters. The molecule has 0 bridgehead atoms. The largest absolute Gasteiger partial charge is 0.491 e. The monoisotopic (exact) mass is 442 g/mol. The minimum Gasteiger partial charge on any atom is -0.491 e. The Hall–Kier alpha value is -1.67. The standard InChI is InChI=1S/C24H34N4O2S/c29-14-15-30-22-7-3-5-20(17-22)18-28-12-4-6-21(19-28)23-8-9-25-24(26-23)31-16-13-27-10-1-2-11-27/h3,5,7-9,17,21,29H,1-2,4,6,10-16,18-19H2. The number of benzene rings is 1. The Morgan fingerprint density at radius 2 is 1.97 bits per heavy atom. The van der Waals surface area contributed by atoms with Gasteiger partial charge in [-0.15, -0.1) is 0 Å². The van der Waals surface area contributed by atoms with Gasteiger partial charge in [-0.05, 0) is 69.1 Å². The first-order valence-electron chi connectivity index (χ1n) is 11.5. The molecular formula is C24H34N4O2S. The van der Waals surface area contributed by atoms with Crippen LogP contribution in [-0.2, 0) is 6.54 Å². The second-order valence-electron chi connectivity index (χ2n) is 8.46. The molecule has 168 valence electrons. The van der Waals surface area contributed by atoms with E-state index in [1.54, 1.807) is 11.8 Å². The van der Waals surface area contributed by atoms with Crippen molar-refractivity contribution >= 4 is 11.8 Å². The minimum absolute atomic E-state index is 0.0372. The molecule has 2 aliphatic heterocycles. The number of hydrogen-bond acceptors (Lipinski definition) is 7. The highest BCUT2D eigenvalue weighted by molar-refractivity contribution is 7.99. The normalized spacial score (nSPS) is 20.2. The molecule has 0 aliphatic carbocycles. The van der Waals surface area contributed by atoms with Crippen molar-refractivity contribution < 1.29 is 9.84 Å². The van der Waals surface area contributed by atoms with E-state index in [2.05, 4.69) is 33.0 Å². The Bertz CT molecular complexity index is 816. The van der Waals surface area contributed by atoms with E-state index >= 15 is 0 Å². The molecule has 3 heterocycles. The van der Waals surface area contributed by atoms with Gasteiger partial charge in [-0.1, -0.05) is 23.9 Å². The molecule has 7 heteroatoms. The molecule has 6 nitrogen and oxygen atoms in total. The first-order chi connectivity index (χ1) is 15.3. The van der Waals surface area contributed by atoms with E-state index in [0.717, 1.165) is 42.8 Å². The summed E-state index contributed by atoms with van der Waals surface area (Å²) in [6.07, 6.45) is 6.99. The molecule has 2 aliphatic rings. The highest BCUT2D eigenvalue weighted by Gasteiger charge is 2.23. The molecule has 0 spiro atoms. The maximum absolute atomic E-state index is 8.96. The van der Waals surface area contributed by atoms with Gasteiger partial charge in [0.2, 0.25) is 0 Å². The number of ether oxygens (including phenoxy) is 1. The Morgan fingerprint density at radius 1 is 1.10 bits per heavy atom.